The van der Waals surface area contributed by atoms with Crippen LogP contribution < -0.4 is 5.43 Å². The van der Waals surface area contributed by atoms with Crippen molar-refractivity contribution in [2.24, 2.45) is 5.10 Å². The van der Waals surface area contributed by atoms with E-state index in [9.17, 15) is 5.11 Å². The van der Waals surface area contributed by atoms with Crippen LogP contribution in [0, 0.1) is 27.7 Å². The number of phenolic OH excluding ortho intramolecular Hbond substituents is 1. The third-order valence-electron chi connectivity index (χ3n) is 5.26. The molecule has 7 heteroatoms. The fraction of sp³-hybridized carbons (Fsp3) is 0.174. The van der Waals surface area contributed by atoms with Gasteiger partial charge in [-0.15, -0.1) is 0 Å². The molecule has 2 heterocycles. The van der Waals surface area contributed by atoms with E-state index in [0.717, 1.165) is 44.7 Å². The van der Waals surface area contributed by atoms with Crippen molar-refractivity contribution in [3.63, 3.8) is 0 Å². The first kappa shape index (κ1) is 19.9. The van der Waals surface area contributed by atoms with Crippen molar-refractivity contribution in [1.82, 2.24) is 14.5 Å². The molecule has 2 aromatic carbocycles. The Balaban J connectivity index is 1.74. The van der Waals surface area contributed by atoms with Crippen LogP contribution in [-0.4, -0.2) is 25.9 Å². The second-order valence-corrected chi connectivity index (χ2v) is 7.76. The molecular weight excluding hydrogens is 398 g/mol. The van der Waals surface area contributed by atoms with E-state index in [-0.39, 0.29) is 0 Å². The molecule has 0 bridgehead atoms. The number of halogens is 1. The molecule has 4 aromatic rings. The molecule has 0 aliphatic heterocycles. The maximum Gasteiger partial charge on any atom is 0.159 e. The highest BCUT2D eigenvalue weighted by Gasteiger charge is 2.17. The maximum absolute atomic E-state index is 9.93. The minimum absolute atomic E-state index is 0.311. The van der Waals surface area contributed by atoms with Gasteiger partial charge in [0.25, 0.3) is 0 Å². The summed E-state index contributed by atoms with van der Waals surface area (Å²) in [5.74, 6) is 0.941. The Kier molecular flexibility index (Phi) is 5.18. The van der Waals surface area contributed by atoms with Crippen molar-refractivity contribution in [1.29, 1.82) is 0 Å². The lowest BCUT2D eigenvalue weighted by Gasteiger charge is -2.08. The highest BCUT2D eigenvalue weighted by molar-refractivity contribution is 6.30. The summed E-state index contributed by atoms with van der Waals surface area (Å²) >= 11 is 6.20. The average Bonchev–Trinajstić information content (AvgIpc) is 2.97. The molecule has 0 saturated carbocycles. The summed E-state index contributed by atoms with van der Waals surface area (Å²) < 4.78 is 2.07. The van der Waals surface area contributed by atoms with Gasteiger partial charge in [-0.25, -0.2) is 9.97 Å². The van der Waals surface area contributed by atoms with Crippen LogP contribution in [0.4, 0.5) is 5.82 Å². The second-order valence-electron chi connectivity index (χ2n) is 7.32. The molecule has 2 aromatic heterocycles. The van der Waals surface area contributed by atoms with Gasteiger partial charge in [0.15, 0.2) is 11.5 Å². The molecule has 0 fully saturated rings. The van der Waals surface area contributed by atoms with E-state index in [1.807, 2.05) is 64.1 Å². The zero-order chi connectivity index (χ0) is 21.4. The molecule has 0 spiro atoms. The van der Waals surface area contributed by atoms with Crippen LogP contribution in [-0.2, 0) is 0 Å². The number of benzene rings is 2. The lowest BCUT2D eigenvalue weighted by atomic mass is 10.1. The molecule has 30 heavy (non-hydrogen) atoms. The minimum atomic E-state index is 0.311. The number of rotatable bonds is 4. The van der Waals surface area contributed by atoms with E-state index in [2.05, 4.69) is 25.1 Å². The number of nitrogens with one attached hydrogen (secondary N) is 1. The van der Waals surface area contributed by atoms with Gasteiger partial charge in [0.1, 0.15) is 12.1 Å². The molecule has 6 nitrogen and oxygen atoms in total. The Labute approximate surface area is 179 Å². The molecule has 2 N–H and O–H groups in total. The van der Waals surface area contributed by atoms with Crippen molar-refractivity contribution in [3.05, 3.63) is 75.7 Å². The third kappa shape index (κ3) is 3.50. The van der Waals surface area contributed by atoms with Crippen molar-refractivity contribution < 1.29 is 5.11 Å². The van der Waals surface area contributed by atoms with Gasteiger partial charge in [0.2, 0.25) is 0 Å². The number of anilines is 1. The Morgan fingerprint density at radius 2 is 1.80 bits per heavy atom. The Morgan fingerprint density at radius 3 is 2.50 bits per heavy atom. The van der Waals surface area contributed by atoms with Crippen LogP contribution >= 0.6 is 11.6 Å². The molecular formula is C23H22ClN5O. The van der Waals surface area contributed by atoms with Crippen molar-refractivity contribution >= 4 is 34.7 Å². The number of hydrazone groups is 1. The normalized spacial score (nSPS) is 11.5. The van der Waals surface area contributed by atoms with E-state index in [1.165, 1.54) is 6.33 Å². The van der Waals surface area contributed by atoms with Crippen molar-refractivity contribution in [2.45, 2.75) is 27.7 Å². The van der Waals surface area contributed by atoms with Crippen molar-refractivity contribution in [3.8, 4) is 11.4 Å². The second kappa shape index (κ2) is 7.80. The Hall–Kier alpha value is -3.38. The van der Waals surface area contributed by atoms with Gasteiger partial charge in [-0.1, -0.05) is 17.7 Å². The summed E-state index contributed by atoms with van der Waals surface area (Å²) in [5, 5.41) is 15.9. The monoisotopic (exact) mass is 419 g/mol. The molecule has 0 aliphatic carbocycles. The Morgan fingerprint density at radius 1 is 1.07 bits per heavy atom. The topological polar surface area (TPSA) is 75.3 Å². The Bertz CT molecular complexity index is 1270. The smallest absolute Gasteiger partial charge is 0.159 e. The van der Waals surface area contributed by atoms with Gasteiger partial charge >= 0.3 is 0 Å². The molecule has 0 radical (unpaired) electrons. The van der Waals surface area contributed by atoms with Crippen LogP contribution in [0.2, 0.25) is 5.02 Å². The highest BCUT2D eigenvalue weighted by atomic mass is 35.5. The molecule has 152 valence electrons. The highest BCUT2D eigenvalue weighted by Crippen LogP contribution is 2.32. The number of aromatic hydroxyl groups is 1. The number of nitrogens with zero attached hydrogens (tertiary/aromatic N) is 4. The van der Waals surface area contributed by atoms with E-state index in [0.29, 0.717) is 16.6 Å². The minimum Gasteiger partial charge on any atom is -0.507 e. The number of fused-ring (bicyclic) bond motifs is 1. The van der Waals surface area contributed by atoms with Gasteiger partial charge in [-0.2, -0.15) is 5.10 Å². The number of hydrogen-bond donors (Lipinski definition) is 2. The maximum atomic E-state index is 9.93. The number of aryl methyl sites for hydroxylation is 3. The number of aromatic nitrogens is 3. The van der Waals surface area contributed by atoms with Gasteiger partial charge in [-0.05, 0) is 80.3 Å². The number of phenols is 1. The fourth-order valence-corrected chi connectivity index (χ4v) is 3.83. The van der Waals surface area contributed by atoms with Gasteiger partial charge in [0, 0.05) is 16.4 Å². The van der Waals surface area contributed by atoms with Crippen molar-refractivity contribution in [2.75, 3.05) is 5.43 Å². The van der Waals surface area contributed by atoms with Crippen LogP contribution in [0.25, 0.3) is 16.7 Å². The molecule has 0 aliphatic rings. The van der Waals surface area contributed by atoms with E-state index in [1.54, 1.807) is 6.21 Å². The van der Waals surface area contributed by atoms with E-state index < -0.39 is 0 Å². The fourth-order valence-electron chi connectivity index (χ4n) is 3.65. The first-order valence-corrected chi connectivity index (χ1v) is 9.92. The summed E-state index contributed by atoms with van der Waals surface area (Å²) in [4.78, 5) is 8.92. The summed E-state index contributed by atoms with van der Waals surface area (Å²) in [6.45, 7) is 7.83. The van der Waals surface area contributed by atoms with Gasteiger partial charge < -0.3 is 5.11 Å². The zero-order valence-corrected chi connectivity index (χ0v) is 18.0. The summed E-state index contributed by atoms with van der Waals surface area (Å²) in [6.07, 6.45) is 3.23. The SMILES string of the molecule is Cc1cc(C=NNc2ncnc3c2c(C)c(C)n3-c2cccc(Cl)c2)cc(C)c1O. The average molecular weight is 420 g/mol. The largest absolute Gasteiger partial charge is 0.507 e. The van der Waals surface area contributed by atoms with Crippen LogP contribution in [0.1, 0.15) is 27.9 Å². The third-order valence-corrected chi connectivity index (χ3v) is 5.49. The summed E-state index contributed by atoms with van der Waals surface area (Å²) in [6, 6.07) is 11.5. The molecule has 0 unspecified atom stereocenters. The van der Waals surface area contributed by atoms with Gasteiger partial charge in [-0.3, -0.25) is 9.99 Å². The first-order chi connectivity index (χ1) is 14.4. The zero-order valence-electron chi connectivity index (χ0n) is 17.2. The lowest BCUT2D eigenvalue weighted by Crippen LogP contribution is -1.99. The first-order valence-electron chi connectivity index (χ1n) is 9.54. The molecule has 0 amide bonds. The lowest BCUT2D eigenvalue weighted by molar-refractivity contribution is 0.467. The standard InChI is InChI=1S/C23H22ClN5O/c1-13-8-17(9-14(2)21(13)30)11-27-28-22-20-15(3)16(4)29(23(20)26-12-25-22)19-7-5-6-18(24)10-19/h5-12,30H,1-4H3,(H,25,26,28). The van der Waals surface area contributed by atoms with E-state index in [4.69, 9.17) is 11.6 Å². The predicted octanol–water partition coefficient (Wildman–Crippen LogP) is 5.46. The predicted molar refractivity (Wildman–Crippen MR) is 122 cm³/mol. The molecule has 0 atom stereocenters. The summed E-state index contributed by atoms with van der Waals surface area (Å²) in [7, 11) is 0. The van der Waals surface area contributed by atoms with E-state index >= 15 is 0 Å². The number of hydrogen-bond acceptors (Lipinski definition) is 5. The van der Waals surface area contributed by atoms with Crippen LogP contribution in [0.3, 0.4) is 0 Å². The quantitative estimate of drug-likeness (QED) is 0.340. The van der Waals surface area contributed by atoms with Gasteiger partial charge in [0.05, 0.1) is 11.6 Å². The summed E-state index contributed by atoms with van der Waals surface area (Å²) in [5.41, 5.74) is 9.43. The van der Waals surface area contributed by atoms with Crippen LogP contribution in [0.5, 0.6) is 5.75 Å². The van der Waals surface area contributed by atoms with Crippen LogP contribution in [0.15, 0.2) is 47.8 Å². The molecule has 4 rings (SSSR count). The molecule has 0 saturated heterocycles.